The predicted molar refractivity (Wildman–Crippen MR) is 84.3 cm³/mol. The van der Waals surface area contributed by atoms with Crippen molar-refractivity contribution >= 4 is 12.0 Å². The average molecular weight is 323 g/mol. The van der Waals surface area contributed by atoms with Gasteiger partial charge in [0.25, 0.3) is 5.56 Å². The monoisotopic (exact) mass is 323 g/mol. The molecular formula is C17H13N3O4. The molecule has 2 heterocycles. The van der Waals surface area contributed by atoms with Crippen LogP contribution < -0.4 is 15.0 Å². The maximum absolute atomic E-state index is 11.6. The van der Waals surface area contributed by atoms with Crippen molar-refractivity contribution in [1.29, 1.82) is 5.26 Å². The van der Waals surface area contributed by atoms with Gasteiger partial charge in [-0.2, -0.15) is 5.26 Å². The first-order valence-electron chi connectivity index (χ1n) is 7.11. The zero-order chi connectivity index (χ0) is 17.3. The molecule has 1 N–H and O–H groups in total. The molecule has 0 fully saturated rings. The summed E-state index contributed by atoms with van der Waals surface area (Å²) in [6.07, 6.45) is 0.656. The molecule has 120 valence electrons. The number of H-pyrrole nitrogens is 1. The third kappa shape index (κ3) is 2.65. The minimum atomic E-state index is -0.916. The maximum atomic E-state index is 11.6. The molecule has 7 nitrogen and oxygen atoms in total. The normalized spacial score (nSPS) is 15.0. The Labute approximate surface area is 137 Å². The van der Waals surface area contributed by atoms with Crippen molar-refractivity contribution in [2.24, 2.45) is 0 Å². The molecule has 0 amide bonds. The van der Waals surface area contributed by atoms with Gasteiger partial charge in [0.15, 0.2) is 12.0 Å². The molecular weight excluding hydrogens is 310 g/mol. The quantitative estimate of drug-likeness (QED) is 0.864. The lowest BCUT2D eigenvalue weighted by Crippen LogP contribution is -2.36. The number of ether oxygens (including phenoxy) is 2. The van der Waals surface area contributed by atoms with Crippen molar-refractivity contribution in [2.45, 2.75) is 19.4 Å². The Kier molecular flexibility index (Phi) is 3.66. The summed E-state index contributed by atoms with van der Waals surface area (Å²) < 4.78 is 11.6. The van der Waals surface area contributed by atoms with Gasteiger partial charge in [-0.15, -0.1) is 5.10 Å². The van der Waals surface area contributed by atoms with Crippen LogP contribution in [-0.4, -0.2) is 22.1 Å². The van der Waals surface area contributed by atoms with Crippen molar-refractivity contribution in [3.8, 4) is 17.7 Å². The van der Waals surface area contributed by atoms with E-state index in [1.165, 1.54) is 12.1 Å². The van der Waals surface area contributed by atoms with Gasteiger partial charge in [-0.3, -0.25) is 9.59 Å². The number of rotatable bonds is 3. The lowest BCUT2D eigenvalue weighted by atomic mass is 9.91. The van der Waals surface area contributed by atoms with Crippen molar-refractivity contribution in [3.05, 3.63) is 57.4 Å². The smallest absolute Gasteiger partial charge is 0.264 e. The first-order valence-corrected chi connectivity index (χ1v) is 7.11. The van der Waals surface area contributed by atoms with Gasteiger partial charge in [-0.25, -0.2) is 5.10 Å². The van der Waals surface area contributed by atoms with Crippen LogP contribution in [0.5, 0.6) is 11.6 Å². The summed E-state index contributed by atoms with van der Waals surface area (Å²) in [6, 6.07) is 9.55. The molecule has 0 bridgehead atoms. The Morgan fingerprint density at radius 1 is 1.33 bits per heavy atom. The summed E-state index contributed by atoms with van der Waals surface area (Å²) in [7, 11) is 0. The lowest BCUT2D eigenvalue weighted by molar-refractivity contribution is -0.106. The van der Waals surface area contributed by atoms with Crippen molar-refractivity contribution in [1.82, 2.24) is 10.2 Å². The third-order valence-corrected chi connectivity index (χ3v) is 3.59. The molecule has 2 aromatic rings. The molecule has 0 aliphatic carbocycles. The second kappa shape index (κ2) is 5.66. The number of carbonyl (C=O) groups is 1. The van der Waals surface area contributed by atoms with Gasteiger partial charge >= 0.3 is 0 Å². The Hall–Kier alpha value is -3.40. The molecule has 0 saturated heterocycles. The number of carbonyl (C=O) groups excluding carboxylic acids is 1. The summed E-state index contributed by atoms with van der Waals surface area (Å²) in [5, 5.41) is 15.2. The molecule has 0 unspecified atom stereocenters. The van der Waals surface area contributed by atoms with Crippen LogP contribution in [-0.2, 0) is 4.79 Å². The minimum absolute atomic E-state index is 0.120. The van der Waals surface area contributed by atoms with E-state index in [0.717, 1.165) is 0 Å². The number of nitrogens with zero attached hydrogens (tertiary/aromatic N) is 2. The predicted octanol–water partition coefficient (Wildman–Crippen LogP) is 1.80. The highest BCUT2D eigenvalue weighted by molar-refractivity contribution is 5.91. The van der Waals surface area contributed by atoms with E-state index in [2.05, 4.69) is 10.2 Å². The third-order valence-electron chi connectivity index (χ3n) is 3.59. The van der Waals surface area contributed by atoms with Gasteiger partial charge in [0.05, 0.1) is 22.8 Å². The maximum Gasteiger partial charge on any atom is 0.264 e. The minimum Gasteiger partial charge on any atom is -0.482 e. The number of hydrogen-bond acceptors (Lipinski definition) is 6. The topological polar surface area (TPSA) is 105 Å². The fourth-order valence-corrected chi connectivity index (χ4v) is 2.41. The standard InChI is InChI=1S/C17H13N3O4/c1-17(2)12(9-21)16(23-15-6-5-14(22)19-20-15)11-7-10(8-18)3-4-13(11)24-17/h3-7,9H,1-2H3,(H,19,22). The summed E-state index contributed by atoms with van der Waals surface area (Å²) in [6.45, 7) is 3.48. The van der Waals surface area contributed by atoms with Gasteiger partial charge in [0, 0.05) is 12.1 Å². The van der Waals surface area contributed by atoms with Gasteiger partial charge in [-0.1, -0.05) is 0 Å². The largest absolute Gasteiger partial charge is 0.482 e. The molecule has 0 spiro atoms. The Balaban J connectivity index is 2.19. The van der Waals surface area contributed by atoms with Gasteiger partial charge in [0.1, 0.15) is 11.4 Å². The number of aromatic nitrogens is 2. The molecule has 1 aliphatic heterocycles. The molecule has 0 saturated carbocycles. The average Bonchev–Trinajstić information content (AvgIpc) is 2.56. The number of aldehydes is 1. The van der Waals surface area contributed by atoms with E-state index in [1.807, 2.05) is 6.07 Å². The molecule has 1 aromatic heterocycles. The van der Waals surface area contributed by atoms with E-state index in [4.69, 9.17) is 14.7 Å². The Morgan fingerprint density at radius 2 is 2.12 bits per heavy atom. The number of benzene rings is 1. The fourth-order valence-electron chi connectivity index (χ4n) is 2.41. The number of aromatic amines is 1. The van der Waals surface area contributed by atoms with Gasteiger partial charge < -0.3 is 9.47 Å². The van der Waals surface area contributed by atoms with Crippen LogP contribution in [0.2, 0.25) is 0 Å². The molecule has 0 radical (unpaired) electrons. The molecule has 24 heavy (non-hydrogen) atoms. The Morgan fingerprint density at radius 3 is 2.75 bits per heavy atom. The Bertz CT molecular complexity index is 931. The van der Waals surface area contributed by atoms with E-state index in [-0.39, 0.29) is 22.8 Å². The van der Waals surface area contributed by atoms with Crippen molar-refractivity contribution in [3.63, 3.8) is 0 Å². The molecule has 7 heteroatoms. The van der Waals surface area contributed by atoms with Crippen LogP contribution in [0.15, 0.2) is 40.7 Å². The highest BCUT2D eigenvalue weighted by Crippen LogP contribution is 2.41. The van der Waals surface area contributed by atoms with Crippen LogP contribution in [0.4, 0.5) is 0 Å². The van der Waals surface area contributed by atoms with Crippen molar-refractivity contribution < 1.29 is 14.3 Å². The van der Waals surface area contributed by atoms with Crippen LogP contribution in [0.1, 0.15) is 25.0 Å². The first-order chi connectivity index (χ1) is 11.4. The number of fused-ring (bicyclic) bond motifs is 1. The number of nitriles is 1. The van der Waals surface area contributed by atoms with Crippen molar-refractivity contribution in [2.75, 3.05) is 0 Å². The summed E-state index contributed by atoms with van der Waals surface area (Å²) in [5.41, 5.74) is -0.133. The number of hydrogen-bond donors (Lipinski definition) is 1. The van der Waals surface area contributed by atoms with E-state index < -0.39 is 5.60 Å². The highest BCUT2D eigenvalue weighted by Gasteiger charge is 2.36. The zero-order valence-corrected chi connectivity index (χ0v) is 13.0. The number of nitrogens with one attached hydrogen (secondary N) is 1. The van der Waals surface area contributed by atoms with E-state index >= 15 is 0 Å². The molecule has 3 rings (SSSR count). The summed E-state index contributed by atoms with van der Waals surface area (Å²) in [5.74, 6) is 0.854. The van der Waals surface area contributed by atoms with E-state index in [1.54, 1.807) is 32.0 Å². The van der Waals surface area contributed by atoms with Gasteiger partial charge in [0.2, 0.25) is 5.88 Å². The molecule has 1 aliphatic rings. The highest BCUT2D eigenvalue weighted by atomic mass is 16.5. The van der Waals surface area contributed by atoms with Crippen LogP contribution >= 0.6 is 0 Å². The lowest BCUT2D eigenvalue weighted by Gasteiger charge is -2.34. The fraction of sp³-hybridized carbons (Fsp3) is 0.176. The van der Waals surface area contributed by atoms with Crippen LogP contribution in [0.25, 0.3) is 5.76 Å². The second-order valence-corrected chi connectivity index (χ2v) is 5.66. The van der Waals surface area contributed by atoms with E-state index in [0.29, 0.717) is 23.2 Å². The molecule has 1 aromatic carbocycles. The van der Waals surface area contributed by atoms with Crippen LogP contribution in [0.3, 0.4) is 0 Å². The van der Waals surface area contributed by atoms with Gasteiger partial charge in [-0.05, 0) is 32.0 Å². The summed E-state index contributed by atoms with van der Waals surface area (Å²) in [4.78, 5) is 22.8. The summed E-state index contributed by atoms with van der Waals surface area (Å²) >= 11 is 0. The first kappa shape index (κ1) is 15.5. The van der Waals surface area contributed by atoms with Crippen LogP contribution in [0, 0.1) is 11.3 Å². The second-order valence-electron chi connectivity index (χ2n) is 5.66. The van der Waals surface area contributed by atoms with E-state index in [9.17, 15) is 9.59 Å². The zero-order valence-electron chi connectivity index (χ0n) is 13.0. The SMILES string of the molecule is CC1(C)Oc2ccc(C#N)cc2C(Oc2ccc(=O)[nH]n2)=C1C=O. The molecule has 0 atom stereocenters.